The van der Waals surface area contributed by atoms with Gasteiger partial charge in [0.05, 0.1) is 10.6 Å². The first-order valence-corrected chi connectivity index (χ1v) is 7.76. The molecule has 1 aromatic carbocycles. The molecule has 0 radical (unpaired) electrons. The Labute approximate surface area is 117 Å². The monoisotopic (exact) mass is 344 g/mol. The third kappa shape index (κ3) is 2.85. The van der Waals surface area contributed by atoms with Gasteiger partial charge in [0, 0.05) is 16.3 Å². The molecule has 0 unspecified atom stereocenters. The van der Waals surface area contributed by atoms with Crippen LogP contribution in [0.15, 0.2) is 33.6 Å². The van der Waals surface area contributed by atoms with E-state index < -0.39 is 15.8 Å². The Morgan fingerprint density at radius 3 is 2.58 bits per heavy atom. The summed E-state index contributed by atoms with van der Waals surface area (Å²) in [5.41, 5.74) is 0.508. The molecule has 1 aromatic heterocycles. The number of aromatic amines is 1. The highest BCUT2D eigenvalue weighted by Gasteiger charge is 2.18. The largest absolute Gasteiger partial charge is 0.477 e. The van der Waals surface area contributed by atoms with Crippen LogP contribution in [0.4, 0.5) is 0 Å². The second-order valence-corrected chi connectivity index (χ2v) is 6.78. The first kappa shape index (κ1) is 13.8. The molecule has 0 aliphatic heterocycles. The minimum Gasteiger partial charge on any atom is -0.477 e. The van der Waals surface area contributed by atoms with E-state index in [1.54, 1.807) is 12.1 Å². The summed E-state index contributed by atoms with van der Waals surface area (Å²) in [6.45, 7) is 0. The van der Waals surface area contributed by atoms with Gasteiger partial charge in [-0.15, -0.1) is 0 Å². The van der Waals surface area contributed by atoms with Crippen LogP contribution in [0.2, 0.25) is 0 Å². The lowest BCUT2D eigenvalue weighted by atomic mass is 10.1. The van der Waals surface area contributed by atoms with E-state index in [4.69, 9.17) is 5.11 Å². The fourth-order valence-electron chi connectivity index (χ4n) is 1.59. The van der Waals surface area contributed by atoms with E-state index in [9.17, 15) is 13.2 Å². The Morgan fingerprint density at radius 1 is 1.37 bits per heavy atom. The molecule has 0 saturated heterocycles. The molecule has 0 fully saturated rings. The second kappa shape index (κ2) is 4.78. The zero-order valence-electron chi connectivity index (χ0n) is 9.71. The number of rotatable bonds is 3. The zero-order valence-corrected chi connectivity index (χ0v) is 12.1. The van der Waals surface area contributed by atoms with Crippen molar-refractivity contribution in [2.24, 2.45) is 0 Å². The Balaban J connectivity index is 2.66. The molecule has 2 N–H and O–H groups in total. The van der Waals surface area contributed by atoms with Crippen molar-refractivity contribution in [1.29, 1.82) is 0 Å². The molecule has 0 aliphatic rings. The SMILES string of the molecule is CS(=O)(=O)c1ccc(Br)cc1-c1cc(C(=O)O)[nH]n1. The number of halogens is 1. The van der Waals surface area contributed by atoms with Crippen LogP contribution in [0.1, 0.15) is 10.5 Å². The number of hydrogen-bond donors (Lipinski definition) is 2. The molecule has 8 heteroatoms. The summed E-state index contributed by atoms with van der Waals surface area (Å²) < 4.78 is 24.1. The quantitative estimate of drug-likeness (QED) is 0.886. The molecular weight excluding hydrogens is 336 g/mol. The third-order valence-electron chi connectivity index (χ3n) is 2.43. The van der Waals surface area contributed by atoms with E-state index in [0.29, 0.717) is 10.0 Å². The predicted octanol–water partition coefficient (Wildman–Crippen LogP) is 1.94. The highest BCUT2D eigenvalue weighted by molar-refractivity contribution is 9.10. The number of benzene rings is 1. The zero-order chi connectivity index (χ0) is 14.2. The van der Waals surface area contributed by atoms with Gasteiger partial charge in [-0.05, 0) is 24.3 Å². The number of H-pyrrole nitrogens is 1. The van der Waals surface area contributed by atoms with E-state index in [1.165, 1.54) is 12.1 Å². The number of aromatic nitrogens is 2. The minimum atomic E-state index is -3.43. The molecule has 0 spiro atoms. The number of aromatic carboxylic acids is 1. The Bertz CT molecular complexity index is 752. The molecule has 100 valence electrons. The number of sulfone groups is 1. The molecular formula is C11H9BrN2O4S. The van der Waals surface area contributed by atoms with Gasteiger partial charge in [0.15, 0.2) is 9.84 Å². The van der Waals surface area contributed by atoms with Gasteiger partial charge >= 0.3 is 5.97 Å². The summed E-state index contributed by atoms with van der Waals surface area (Å²) in [4.78, 5) is 10.9. The van der Waals surface area contributed by atoms with Gasteiger partial charge in [-0.2, -0.15) is 5.10 Å². The molecule has 0 bridgehead atoms. The first-order valence-electron chi connectivity index (χ1n) is 5.08. The maximum absolute atomic E-state index is 11.7. The average Bonchev–Trinajstić information content (AvgIpc) is 2.76. The fraction of sp³-hybridized carbons (Fsp3) is 0.0909. The van der Waals surface area contributed by atoms with E-state index in [1.807, 2.05) is 0 Å². The summed E-state index contributed by atoms with van der Waals surface area (Å²) in [5.74, 6) is -1.16. The van der Waals surface area contributed by atoms with Gasteiger partial charge in [0.25, 0.3) is 0 Å². The lowest BCUT2D eigenvalue weighted by molar-refractivity contribution is 0.0690. The molecule has 2 aromatic rings. The Morgan fingerprint density at radius 2 is 2.05 bits per heavy atom. The van der Waals surface area contributed by atoms with Crippen LogP contribution in [0, 0.1) is 0 Å². The number of hydrogen-bond acceptors (Lipinski definition) is 4. The van der Waals surface area contributed by atoms with Crippen molar-refractivity contribution in [1.82, 2.24) is 10.2 Å². The number of carboxylic acid groups (broad SMARTS) is 1. The minimum absolute atomic E-state index is 0.0964. The predicted molar refractivity (Wildman–Crippen MR) is 71.8 cm³/mol. The molecule has 19 heavy (non-hydrogen) atoms. The van der Waals surface area contributed by atoms with Gasteiger partial charge in [-0.3, -0.25) is 5.10 Å². The van der Waals surface area contributed by atoms with E-state index in [0.717, 1.165) is 6.26 Å². The van der Waals surface area contributed by atoms with Crippen LogP contribution >= 0.6 is 15.9 Å². The van der Waals surface area contributed by atoms with E-state index in [-0.39, 0.29) is 16.3 Å². The Hall–Kier alpha value is -1.67. The van der Waals surface area contributed by atoms with Crippen molar-refractivity contribution in [3.05, 3.63) is 34.4 Å². The summed E-state index contributed by atoms with van der Waals surface area (Å²) in [6, 6.07) is 5.92. The second-order valence-electron chi connectivity index (χ2n) is 3.88. The Kier molecular flexibility index (Phi) is 3.46. The van der Waals surface area contributed by atoms with Crippen LogP contribution in [-0.4, -0.2) is 35.9 Å². The highest BCUT2D eigenvalue weighted by Crippen LogP contribution is 2.29. The standard InChI is InChI=1S/C11H9BrN2O4S/c1-19(17,18)10-3-2-6(12)4-7(10)8-5-9(11(15)16)14-13-8/h2-5H,1H3,(H,13,14)(H,15,16). The van der Waals surface area contributed by atoms with Gasteiger partial charge in [0.1, 0.15) is 5.69 Å². The maximum Gasteiger partial charge on any atom is 0.353 e. The van der Waals surface area contributed by atoms with Crippen molar-refractivity contribution in [2.75, 3.05) is 6.26 Å². The van der Waals surface area contributed by atoms with Gasteiger partial charge < -0.3 is 5.11 Å². The van der Waals surface area contributed by atoms with Crippen molar-refractivity contribution in [3.8, 4) is 11.3 Å². The van der Waals surface area contributed by atoms with Crippen LogP contribution in [0.25, 0.3) is 11.3 Å². The topological polar surface area (TPSA) is 100 Å². The van der Waals surface area contributed by atoms with E-state index in [2.05, 4.69) is 26.1 Å². The smallest absolute Gasteiger partial charge is 0.353 e. The van der Waals surface area contributed by atoms with Crippen molar-refractivity contribution in [2.45, 2.75) is 4.90 Å². The van der Waals surface area contributed by atoms with Crippen LogP contribution in [0.5, 0.6) is 0 Å². The van der Waals surface area contributed by atoms with Crippen LogP contribution in [-0.2, 0) is 9.84 Å². The third-order valence-corrected chi connectivity index (χ3v) is 4.07. The van der Waals surface area contributed by atoms with Crippen LogP contribution in [0.3, 0.4) is 0 Å². The number of nitrogens with zero attached hydrogens (tertiary/aromatic N) is 1. The lowest BCUT2D eigenvalue weighted by Gasteiger charge is -2.05. The van der Waals surface area contributed by atoms with Gasteiger partial charge in [0.2, 0.25) is 0 Å². The molecule has 6 nitrogen and oxygen atoms in total. The fourth-order valence-corrected chi connectivity index (χ4v) is 2.83. The number of carbonyl (C=O) groups is 1. The van der Waals surface area contributed by atoms with Crippen molar-refractivity contribution >= 4 is 31.7 Å². The van der Waals surface area contributed by atoms with Crippen molar-refractivity contribution in [3.63, 3.8) is 0 Å². The van der Waals surface area contributed by atoms with E-state index >= 15 is 0 Å². The average molecular weight is 345 g/mol. The van der Waals surface area contributed by atoms with Crippen LogP contribution < -0.4 is 0 Å². The molecule has 0 saturated carbocycles. The number of carboxylic acids is 1. The normalized spacial score (nSPS) is 11.5. The lowest BCUT2D eigenvalue weighted by Crippen LogP contribution is -2.00. The summed E-state index contributed by atoms with van der Waals surface area (Å²) >= 11 is 3.25. The molecule has 0 aliphatic carbocycles. The number of nitrogens with one attached hydrogen (secondary N) is 1. The molecule has 0 amide bonds. The summed E-state index contributed by atoms with van der Waals surface area (Å²) in [6.07, 6.45) is 1.09. The molecule has 1 heterocycles. The summed E-state index contributed by atoms with van der Waals surface area (Å²) in [5, 5.41) is 15.0. The van der Waals surface area contributed by atoms with Gasteiger partial charge in [-0.25, -0.2) is 13.2 Å². The molecule has 2 rings (SSSR count). The first-order chi connectivity index (χ1) is 8.79. The van der Waals surface area contributed by atoms with Crippen molar-refractivity contribution < 1.29 is 18.3 Å². The summed E-state index contributed by atoms with van der Waals surface area (Å²) in [7, 11) is -3.43. The maximum atomic E-state index is 11.7. The highest BCUT2D eigenvalue weighted by atomic mass is 79.9. The van der Waals surface area contributed by atoms with Gasteiger partial charge in [-0.1, -0.05) is 15.9 Å². The molecule has 0 atom stereocenters.